The van der Waals surface area contributed by atoms with Crippen molar-refractivity contribution in [2.45, 2.75) is 6.92 Å². The van der Waals surface area contributed by atoms with Crippen molar-refractivity contribution >= 4 is 29.2 Å². The van der Waals surface area contributed by atoms with Crippen LogP contribution in [0.5, 0.6) is 0 Å². The normalized spacial score (nSPS) is 10.4. The molecule has 3 aromatic rings. The first-order chi connectivity index (χ1) is 13.3. The SMILES string of the molecule is Cc1ccc(-c2ccc(NC(=O)NC(=O)c3c(F)cccc3Cl)c[n+]2[O-])cc1. The highest BCUT2D eigenvalue weighted by molar-refractivity contribution is 6.34. The first kappa shape index (κ1) is 19.3. The molecule has 2 N–H and O–H groups in total. The second-order valence-electron chi connectivity index (χ2n) is 6.00. The number of urea groups is 1. The smallest absolute Gasteiger partial charge is 0.326 e. The van der Waals surface area contributed by atoms with Gasteiger partial charge in [0.05, 0.1) is 10.6 Å². The van der Waals surface area contributed by atoms with Gasteiger partial charge in [-0.05, 0) is 37.3 Å². The molecule has 28 heavy (non-hydrogen) atoms. The highest BCUT2D eigenvalue weighted by Crippen LogP contribution is 2.19. The van der Waals surface area contributed by atoms with E-state index in [0.29, 0.717) is 10.4 Å². The van der Waals surface area contributed by atoms with Gasteiger partial charge in [0.1, 0.15) is 11.5 Å². The number of imide groups is 1. The van der Waals surface area contributed by atoms with Gasteiger partial charge in [0.2, 0.25) is 11.9 Å². The van der Waals surface area contributed by atoms with Gasteiger partial charge in [0, 0.05) is 11.6 Å². The third-order valence-electron chi connectivity index (χ3n) is 3.94. The molecule has 0 fully saturated rings. The maximum Gasteiger partial charge on any atom is 0.326 e. The lowest BCUT2D eigenvalue weighted by Gasteiger charge is -2.10. The van der Waals surface area contributed by atoms with Crippen molar-refractivity contribution < 1.29 is 18.7 Å². The molecule has 0 saturated carbocycles. The van der Waals surface area contributed by atoms with Gasteiger partial charge < -0.3 is 10.5 Å². The first-order valence-electron chi connectivity index (χ1n) is 8.22. The Hall–Kier alpha value is -3.45. The Kier molecular flexibility index (Phi) is 5.56. The molecule has 3 rings (SSSR count). The van der Waals surface area contributed by atoms with Gasteiger partial charge >= 0.3 is 6.03 Å². The fourth-order valence-electron chi connectivity index (χ4n) is 2.55. The summed E-state index contributed by atoms with van der Waals surface area (Å²) in [6.45, 7) is 1.94. The number of aromatic nitrogens is 1. The largest absolute Gasteiger partial charge is 0.618 e. The summed E-state index contributed by atoms with van der Waals surface area (Å²) in [5.41, 5.74) is 1.92. The molecule has 8 heteroatoms. The average molecular weight is 400 g/mol. The lowest BCUT2D eigenvalue weighted by Crippen LogP contribution is -2.36. The number of aryl methyl sites for hydroxylation is 1. The molecule has 0 aliphatic carbocycles. The van der Waals surface area contributed by atoms with Gasteiger partial charge in [-0.3, -0.25) is 10.1 Å². The molecule has 0 aliphatic rings. The van der Waals surface area contributed by atoms with Crippen molar-refractivity contribution in [1.29, 1.82) is 0 Å². The van der Waals surface area contributed by atoms with Gasteiger partial charge in [-0.2, -0.15) is 4.73 Å². The summed E-state index contributed by atoms with van der Waals surface area (Å²) >= 11 is 5.80. The van der Waals surface area contributed by atoms with Gasteiger partial charge in [0.15, 0.2) is 0 Å². The molecule has 0 aliphatic heterocycles. The summed E-state index contributed by atoms with van der Waals surface area (Å²) in [6.07, 6.45) is 1.16. The Bertz CT molecular complexity index is 1030. The van der Waals surface area contributed by atoms with Crippen LogP contribution in [0.2, 0.25) is 5.02 Å². The summed E-state index contributed by atoms with van der Waals surface area (Å²) in [4.78, 5) is 24.1. The number of hydrogen-bond donors (Lipinski definition) is 2. The monoisotopic (exact) mass is 399 g/mol. The Labute approximate surface area is 165 Å². The first-order valence-corrected chi connectivity index (χ1v) is 8.59. The van der Waals surface area contributed by atoms with E-state index < -0.39 is 23.3 Å². The molecule has 6 nitrogen and oxygen atoms in total. The van der Waals surface area contributed by atoms with Crippen molar-refractivity contribution in [2.75, 3.05) is 5.32 Å². The van der Waals surface area contributed by atoms with E-state index in [0.717, 1.165) is 23.4 Å². The van der Waals surface area contributed by atoms with E-state index in [9.17, 15) is 19.2 Å². The van der Waals surface area contributed by atoms with Gasteiger partial charge in [-0.1, -0.05) is 35.4 Å². The van der Waals surface area contributed by atoms with Crippen LogP contribution in [0.4, 0.5) is 14.9 Å². The van der Waals surface area contributed by atoms with Crippen LogP contribution in [0.25, 0.3) is 11.3 Å². The molecular formula is C20H15ClFN3O3. The summed E-state index contributed by atoms with van der Waals surface area (Å²) in [7, 11) is 0. The third kappa shape index (κ3) is 4.27. The average Bonchev–Trinajstić information content (AvgIpc) is 2.62. The van der Waals surface area contributed by atoms with E-state index in [1.807, 2.05) is 36.5 Å². The topological polar surface area (TPSA) is 85.1 Å². The molecule has 142 valence electrons. The van der Waals surface area contributed by atoms with E-state index >= 15 is 0 Å². The van der Waals surface area contributed by atoms with Crippen molar-refractivity contribution in [2.24, 2.45) is 0 Å². The number of nitrogens with one attached hydrogen (secondary N) is 2. The van der Waals surface area contributed by atoms with Gasteiger partial charge in [-0.15, -0.1) is 0 Å². The zero-order valence-electron chi connectivity index (χ0n) is 14.7. The number of nitrogens with zero attached hydrogens (tertiary/aromatic N) is 1. The fraction of sp³-hybridized carbons (Fsp3) is 0.0500. The van der Waals surface area contributed by atoms with Crippen LogP contribution in [0.15, 0.2) is 60.8 Å². The number of halogens is 2. The van der Waals surface area contributed by atoms with E-state index in [4.69, 9.17) is 11.6 Å². The van der Waals surface area contributed by atoms with E-state index in [2.05, 4.69) is 5.32 Å². The Morgan fingerprint density at radius 1 is 1.07 bits per heavy atom. The molecule has 0 bridgehead atoms. The standard InChI is InChI=1S/C20H15ClFN3O3/c1-12-5-7-13(8-6-12)17-10-9-14(11-25(17)28)23-20(27)24-19(26)18-15(21)3-2-4-16(18)22/h2-11H,1H3,(H2,23,24,26,27). The molecule has 0 radical (unpaired) electrons. The highest BCUT2D eigenvalue weighted by Gasteiger charge is 2.19. The molecule has 3 amide bonds. The van der Waals surface area contributed by atoms with Crippen LogP contribution >= 0.6 is 11.6 Å². The van der Waals surface area contributed by atoms with Crippen LogP contribution in [-0.4, -0.2) is 11.9 Å². The summed E-state index contributed by atoms with van der Waals surface area (Å²) in [5.74, 6) is -1.84. The summed E-state index contributed by atoms with van der Waals surface area (Å²) < 4.78 is 14.3. The minimum atomic E-state index is -0.994. The maximum atomic E-state index is 13.7. The number of carbonyl (C=O) groups excluding carboxylic acids is 2. The van der Waals surface area contributed by atoms with E-state index in [1.54, 1.807) is 6.07 Å². The Morgan fingerprint density at radius 3 is 2.43 bits per heavy atom. The van der Waals surface area contributed by atoms with Crippen molar-refractivity contribution in [3.8, 4) is 11.3 Å². The molecule has 2 aromatic carbocycles. The summed E-state index contributed by atoms with van der Waals surface area (Å²) in [5, 5.41) is 16.5. The Morgan fingerprint density at radius 2 is 1.79 bits per heavy atom. The number of carbonyl (C=O) groups is 2. The van der Waals surface area contributed by atoms with Crippen molar-refractivity contribution in [3.05, 3.63) is 88.0 Å². The summed E-state index contributed by atoms with van der Waals surface area (Å²) in [6, 6.07) is 13.3. The number of pyridine rings is 1. The third-order valence-corrected chi connectivity index (χ3v) is 4.25. The zero-order valence-corrected chi connectivity index (χ0v) is 15.5. The number of amides is 3. The second kappa shape index (κ2) is 8.06. The quantitative estimate of drug-likeness (QED) is 0.514. The van der Waals surface area contributed by atoms with Crippen LogP contribution < -0.4 is 15.4 Å². The predicted molar refractivity (Wildman–Crippen MR) is 103 cm³/mol. The molecular weight excluding hydrogens is 385 g/mol. The number of hydrogen-bond acceptors (Lipinski definition) is 3. The van der Waals surface area contributed by atoms with Gasteiger partial charge in [-0.25, -0.2) is 9.18 Å². The van der Waals surface area contributed by atoms with E-state index in [1.165, 1.54) is 18.2 Å². The number of rotatable bonds is 3. The van der Waals surface area contributed by atoms with Crippen molar-refractivity contribution in [3.63, 3.8) is 0 Å². The van der Waals surface area contributed by atoms with Crippen LogP contribution in [0, 0.1) is 17.9 Å². The number of benzene rings is 2. The van der Waals surface area contributed by atoms with Crippen LogP contribution in [-0.2, 0) is 0 Å². The zero-order chi connectivity index (χ0) is 20.3. The molecule has 0 spiro atoms. The van der Waals surface area contributed by atoms with E-state index in [-0.39, 0.29) is 10.7 Å². The van der Waals surface area contributed by atoms with Crippen LogP contribution in [0.1, 0.15) is 15.9 Å². The maximum absolute atomic E-state index is 13.7. The molecule has 0 saturated heterocycles. The lowest BCUT2D eigenvalue weighted by molar-refractivity contribution is -0.592. The van der Waals surface area contributed by atoms with Crippen LogP contribution in [0.3, 0.4) is 0 Å². The predicted octanol–water partition coefficient (Wildman–Crippen LogP) is 4.05. The molecule has 1 heterocycles. The molecule has 1 aromatic heterocycles. The minimum absolute atomic E-state index is 0.120. The Balaban J connectivity index is 1.71. The molecule has 0 atom stereocenters. The second-order valence-corrected chi connectivity index (χ2v) is 6.41. The van der Waals surface area contributed by atoms with Crippen molar-refractivity contribution in [1.82, 2.24) is 5.32 Å². The minimum Gasteiger partial charge on any atom is -0.618 e. The lowest BCUT2D eigenvalue weighted by atomic mass is 10.1. The molecule has 0 unspecified atom stereocenters. The highest BCUT2D eigenvalue weighted by atomic mass is 35.5. The van der Waals surface area contributed by atoms with Gasteiger partial charge in [0.25, 0.3) is 5.91 Å². The number of anilines is 1. The fourth-order valence-corrected chi connectivity index (χ4v) is 2.79.